The number of carboxylic acid groups (broad SMARTS) is 1. The molecule has 1 heterocycles. The number of carbonyl (C=O) groups is 1. The third-order valence-electron chi connectivity index (χ3n) is 2.64. The highest BCUT2D eigenvalue weighted by Gasteiger charge is 2.14. The van der Waals surface area contributed by atoms with E-state index in [0.29, 0.717) is 22.6 Å². The Morgan fingerprint density at radius 1 is 1.40 bits per heavy atom. The zero-order chi connectivity index (χ0) is 14.7. The number of nitro groups is 1. The molecule has 0 atom stereocenters. The van der Waals surface area contributed by atoms with Gasteiger partial charge in [0.2, 0.25) is 0 Å². The summed E-state index contributed by atoms with van der Waals surface area (Å²) in [6.45, 7) is 1.68. The van der Waals surface area contributed by atoms with Crippen LogP contribution in [-0.4, -0.2) is 21.2 Å². The van der Waals surface area contributed by atoms with Gasteiger partial charge in [-0.1, -0.05) is 5.16 Å². The summed E-state index contributed by atoms with van der Waals surface area (Å²) < 4.78 is 5.15. The molecule has 7 heteroatoms. The van der Waals surface area contributed by atoms with Crippen LogP contribution in [0.2, 0.25) is 0 Å². The quantitative estimate of drug-likeness (QED) is 0.521. The highest BCUT2D eigenvalue weighted by Crippen LogP contribution is 2.28. The standard InChI is InChI=1S/C13H10N2O5/c1-8-11(6-7-12(16)17)13(20-14-8)9-2-4-10(5-3-9)15(18)19/h2-7H,1H3,(H,16,17)/b7-6-. The molecular formula is C13H10N2O5. The van der Waals surface area contributed by atoms with Crippen LogP contribution < -0.4 is 0 Å². The summed E-state index contributed by atoms with van der Waals surface area (Å²) in [5.74, 6) is -0.713. The van der Waals surface area contributed by atoms with Crippen molar-refractivity contribution in [1.29, 1.82) is 0 Å². The molecule has 0 fully saturated rings. The van der Waals surface area contributed by atoms with E-state index in [1.165, 1.54) is 30.3 Å². The Morgan fingerprint density at radius 2 is 2.05 bits per heavy atom. The molecule has 0 amide bonds. The highest BCUT2D eigenvalue weighted by molar-refractivity contribution is 5.87. The lowest BCUT2D eigenvalue weighted by Crippen LogP contribution is -1.88. The fourth-order valence-corrected chi connectivity index (χ4v) is 1.67. The van der Waals surface area contributed by atoms with Gasteiger partial charge in [-0.2, -0.15) is 0 Å². The number of rotatable bonds is 4. The molecule has 0 aliphatic rings. The Kier molecular flexibility index (Phi) is 3.60. The van der Waals surface area contributed by atoms with Gasteiger partial charge in [-0.3, -0.25) is 10.1 Å². The van der Waals surface area contributed by atoms with Crippen molar-refractivity contribution < 1.29 is 19.3 Å². The number of nitrogens with zero attached hydrogens (tertiary/aromatic N) is 2. The lowest BCUT2D eigenvalue weighted by molar-refractivity contribution is -0.384. The molecule has 2 rings (SSSR count). The number of aromatic nitrogens is 1. The van der Waals surface area contributed by atoms with Gasteiger partial charge >= 0.3 is 5.97 Å². The minimum Gasteiger partial charge on any atom is -0.478 e. The van der Waals surface area contributed by atoms with Crippen LogP contribution in [-0.2, 0) is 4.79 Å². The van der Waals surface area contributed by atoms with Gasteiger partial charge in [0.05, 0.1) is 10.6 Å². The molecule has 7 nitrogen and oxygen atoms in total. The highest BCUT2D eigenvalue weighted by atomic mass is 16.6. The molecule has 102 valence electrons. The Morgan fingerprint density at radius 3 is 2.60 bits per heavy atom. The number of hydrogen-bond acceptors (Lipinski definition) is 5. The second-order valence-electron chi connectivity index (χ2n) is 3.99. The van der Waals surface area contributed by atoms with Crippen molar-refractivity contribution in [2.24, 2.45) is 0 Å². The largest absolute Gasteiger partial charge is 0.478 e. The predicted molar refractivity (Wildman–Crippen MR) is 70.0 cm³/mol. The van der Waals surface area contributed by atoms with Gasteiger partial charge in [0.1, 0.15) is 0 Å². The first-order chi connectivity index (χ1) is 9.49. The van der Waals surface area contributed by atoms with E-state index in [1.54, 1.807) is 6.92 Å². The summed E-state index contributed by atoms with van der Waals surface area (Å²) >= 11 is 0. The van der Waals surface area contributed by atoms with E-state index in [-0.39, 0.29) is 5.69 Å². The minimum atomic E-state index is -1.08. The number of aliphatic carboxylic acids is 1. The van der Waals surface area contributed by atoms with Crippen molar-refractivity contribution >= 4 is 17.7 Å². The molecule has 1 aromatic carbocycles. The van der Waals surface area contributed by atoms with Crippen LogP contribution >= 0.6 is 0 Å². The molecule has 0 spiro atoms. The van der Waals surface area contributed by atoms with E-state index in [2.05, 4.69) is 5.16 Å². The second kappa shape index (κ2) is 5.35. The molecule has 0 saturated carbocycles. The number of nitro benzene ring substituents is 1. The van der Waals surface area contributed by atoms with E-state index < -0.39 is 10.9 Å². The van der Waals surface area contributed by atoms with Crippen LogP contribution in [0.25, 0.3) is 17.4 Å². The molecular weight excluding hydrogens is 264 g/mol. The van der Waals surface area contributed by atoms with Crippen molar-refractivity contribution in [3.63, 3.8) is 0 Å². The molecule has 0 unspecified atom stereocenters. The van der Waals surface area contributed by atoms with E-state index in [0.717, 1.165) is 6.08 Å². The SMILES string of the molecule is Cc1noc(-c2ccc([N+](=O)[O-])cc2)c1/C=C\C(=O)O. The smallest absolute Gasteiger partial charge is 0.328 e. The van der Waals surface area contributed by atoms with Crippen molar-refractivity contribution in [2.45, 2.75) is 6.92 Å². The fourth-order valence-electron chi connectivity index (χ4n) is 1.67. The molecule has 0 aliphatic heterocycles. The molecule has 0 bridgehead atoms. The second-order valence-corrected chi connectivity index (χ2v) is 3.99. The number of hydrogen-bond donors (Lipinski definition) is 1. The van der Waals surface area contributed by atoms with Gasteiger partial charge in [-0.15, -0.1) is 0 Å². The van der Waals surface area contributed by atoms with Crippen molar-refractivity contribution in [1.82, 2.24) is 5.16 Å². The Bertz CT molecular complexity index is 685. The summed E-state index contributed by atoms with van der Waals surface area (Å²) in [4.78, 5) is 20.7. The van der Waals surface area contributed by atoms with E-state index in [4.69, 9.17) is 9.63 Å². The lowest BCUT2D eigenvalue weighted by atomic mass is 10.1. The van der Waals surface area contributed by atoms with Gasteiger partial charge < -0.3 is 9.63 Å². The van der Waals surface area contributed by atoms with Crippen LogP contribution in [0, 0.1) is 17.0 Å². The first kappa shape index (κ1) is 13.5. The van der Waals surface area contributed by atoms with Crippen LogP contribution in [0.5, 0.6) is 0 Å². The van der Waals surface area contributed by atoms with Gasteiger partial charge in [0, 0.05) is 29.3 Å². The van der Waals surface area contributed by atoms with Crippen LogP contribution in [0.1, 0.15) is 11.3 Å². The van der Waals surface area contributed by atoms with Crippen molar-refractivity contribution in [3.8, 4) is 11.3 Å². The maximum absolute atomic E-state index is 10.6. The third-order valence-corrected chi connectivity index (χ3v) is 2.64. The van der Waals surface area contributed by atoms with Crippen LogP contribution in [0.15, 0.2) is 34.9 Å². The average molecular weight is 274 g/mol. The van der Waals surface area contributed by atoms with E-state index in [9.17, 15) is 14.9 Å². The molecule has 2 aromatic rings. The number of benzene rings is 1. The molecule has 0 saturated heterocycles. The van der Waals surface area contributed by atoms with Gasteiger partial charge in [-0.25, -0.2) is 4.79 Å². The Balaban J connectivity index is 2.42. The predicted octanol–water partition coefficient (Wildman–Crippen LogP) is 2.66. The molecule has 1 N–H and O–H groups in total. The van der Waals surface area contributed by atoms with Gasteiger partial charge in [0.25, 0.3) is 5.69 Å². The average Bonchev–Trinajstić information content (AvgIpc) is 2.77. The lowest BCUT2D eigenvalue weighted by Gasteiger charge is -1.98. The molecule has 1 aromatic heterocycles. The summed E-state index contributed by atoms with van der Waals surface area (Å²) in [5.41, 5.74) is 1.62. The Labute approximate surface area is 113 Å². The number of non-ortho nitro benzene ring substituents is 1. The minimum absolute atomic E-state index is 0.0346. The topological polar surface area (TPSA) is 106 Å². The first-order valence-corrected chi connectivity index (χ1v) is 5.61. The fraction of sp³-hybridized carbons (Fsp3) is 0.0769. The van der Waals surface area contributed by atoms with Gasteiger partial charge in [-0.05, 0) is 25.1 Å². The maximum atomic E-state index is 10.6. The third kappa shape index (κ3) is 2.72. The van der Waals surface area contributed by atoms with Crippen LogP contribution in [0.4, 0.5) is 5.69 Å². The molecule has 20 heavy (non-hydrogen) atoms. The summed E-state index contributed by atoms with van der Waals surface area (Å²) in [6, 6.07) is 5.74. The monoisotopic (exact) mass is 274 g/mol. The zero-order valence-corrected chi connectivity index (χ0v) is 10.4. The normalized spacial score (nSPS) is 10.8. The maximum Gasteiger partial charge on any atom is 0.328 e. The summed E-state index contributed by atoms with van der Waals surface area (Å²) in [7, 11) is 0. The van der Waals surface area contributed by atoms with Gasteiger partial charge in [0.15, 0.2) is 5.76 Å². The number of carboxylic acids is 1. The number of aryl methyl sites for hydroxylation is 1. The Hall–Kier alpha value is -2.96. The molecule has 0 radical (unpaired) electrons. The van der Waals surface area contributed by atoms with E-state index >= 15 is 0 Å². The summed E-state index contributed by atoms with van der Waals surface area (Å²) in [5, 5.41) is 23.0. The van der Waals surface area contributed by atoms with Crippen molar-refractivity contribution in [2.75, 3.05) is 0 Å². The van der Waals surface area contributed by atoms with Crippen molar-refractivity contribution in [3.05, 3.63) is 51.7 Å². The van der Waals surface area contributed by atoms with Crippen LogP contribution in [0.3, 0.4) is 0 Å². The summed E-state index contributed by atoms with van der Waals surface area (Å²) in [6.07, 6.45) is 2.36. The first-order valence-electron chi connectivity index (χ1n) is 5.61. The zero-order valence-electron chi connectivity index (χ0n) is 10.4. The molecule has 0 aliphatic carbocycles. The van der Waals surface area contributed by atoms with E-state index in [1.807, 2.05) is 0 Å².